The standard InChI is InChI=1S/C19H29NO2/c1-14(2)17-9-10-19(22,13-20(3)4)11-18(17)16-7-5-15(12-21)6-8-16/h5-8,17-18,21-22H,1,9-13H2,2-4H3/t17-,18-,19?/m0/s1. The number of nitrogens with zero attached hydrogens (tertiary/aromatic N) is 1. The molecule has 2 rings (SSSR count). The maximum Gasteiger partial charge on any atom is 0.0780 e. The number of aliphatic hydroxyl groups excluding tert-OH is 1. The van der Waals surface area contributed by atoms with Crippen LogP contribution in [-0.2, 0) is 6.61 Å². The highest BCUT2D eigenvalue weighted by molar-refractivity contribution is 5.28. The van der Waals surface area contributed by atoms with Crippen molar-refractivity contribution < 1.29 is 10.2 Å². The Morgan fingerprint density at radius 1 is 1.32 bits per heavy atom. The van der Waals surface area contributed by atoms with Gasteiger partial charge >= 0.3 is 0 Å². The minimum Gasteiger partial charge on any atom is -0.392 e. The Morgan fingerprint density at radius 2 is 1.95 bits per heavy atom. The lowest BCUT2D eigenvalue weighted by Gasteiger charge is -2.43. The minimum atomic E-state index is -0.629. The Hall–Kier alpha value is -1.16. The Bertz CT molecular complexity index is 509. The lowest BCUT2D eigenvalue weighted by Crippen LogP contribution is -2.45. The molecule has 0 heterocycles. The Balaban J connectivity index is 2.26. The molecule has 0 bridgehead atoms. The van der Waals surface area contributed by atoms with E-state index in [9.17, 15) is 10.2 Å². The zero-order valence-electron chi connectivity index (χ0n) is 14.0. The highest BCUT2D eigenvalue weighted by atomic mass is 16.3. The molecule has 1 saturated carbocycles. The summed E-state index contributed by atoms with van der Waals surface area (Å²) in [5.74, 6) is 0.714. The second-order valence-electron chi connectivity index (χ2n) is 7.16. The predicted molar refractivity (Wildman–Crippen MR) is 90.8 cm³/mol. The highest BCUT2D eigenvalue weighted by Crippen LogP contribution is 2.45. The Kier molecular flexibility index (Phi) is 5.43. The normalized spacial score (nSPS) is 28.8. The number of likely N-dealkylation sites (N-methyl/N-ethyl adjacent to an activating group) is 1. The van der Waals surface area contributed by atoms with Gasteiger partial charge in [-0.3, -0.25) is 0 Å². The molecule has 1 unspecified atom stereocenters. The van der Waals surface area contributed by atoms with E-state index in [1.165, 1.54) is 11.1 Å². The second kappa shape index (κ2) is 6.95. The number of hydrogen-bond donors (Lipinski definition) is 2. The fourth-order valence-corrected chi connectivity index (χ4v) is 3.82. The van der Waals surface area contributed by atoms with Gasteiger partial charge in [0, 0.05) is 6.54 Å². The molecule has 0 aliphatic heterocycles. The quantitative estimate of drug-likeness (QED) is 0.822. The maximum atomic E-state index is 11.0. The van der Waals surface area contributed by atoms with Crippen LogP contribution < -0.4 is 0 Å². The molecule has 0 saturated heterocycles. The van der Waals surface area contributed by atoms with Crippen LogP contribution >= 0.6 is 0 Å². The van der Waals surface area contributed by atoms with Crippen LogP contribution in [0.15, 0.2) is 36.4 Å². The molecule has 122 valence electrons. The maximum absolute atomic E-state index is 11.0. The SMILES string of the molecule is C=C(C)[C@@H]1CCC(O)(CN(C)C)C[C@H]1c1ccc(CO)cc1. The van der Waals surface area contributed by atoms with Crippen molar-refractivity contribution in [2.24, 2.45) is 5.92 Å². The van der Waals surface area contributed by atoms with Crippen molar-refractivity contribution in [2.75, 3.05) is 20.6 Å². The van der Waals surface area contributed by atoms with Crippen LogP contribution in [0.2, 0.25) is 0 Å². The molecule has 2 N–H and O–H groups in total. The van der Waals surface area contributed by atoms with E-state index in [4.69, 9.17) is 0 Å². The van der Waals surface area contributed by atoms with E-state index in [1.54, 1.807) is 0 Å². The van der Waals surface area contributed by atoms with Gasteiger partial charge in [-0.15, -0.1) is 0 Å². The average Bonchev–Trinajstić information content (AvgIpc) is 2.45. The smallest absolute Gasteiger partial charge is 0.0780 e. The van der Waals surface area contributed by atoms with Crippen molar-refractivity contribution >= 4 is 0 Å². The van der Waals surface area contributed by atoms with Gasteiger partial charge in [0.15, 0.2) is 0 Å². The Morgan fingerprint density at radius 3 is 2.45 bits per heavy atom. The van der Waals surface area contributed by atoms with E-state index in [1.807, 2.05) is 26.2 Å². The van der Waals surface area contributed by atoms with Gasteiger partial charge in [0.1, 0.15) is 0 Å². The lowest BCUT2D eigenvalue weighted by molar-refractivity contribution is -0.0320. The summed E-state index contributed by atoms with van der Waals surface area (Å²) in [6.07, 6.45) is 2.57. The van der Waals surface area contributed by atoms with E-state index in [0.29, 0.717) is 18.4 Å². The second-order valence-corrected chi connectivity index (χ2v) is 7.16. The molecular weight excluding hydrogens is 274 g/mol. The van der Waals surface area contributed by atoms with Crippen molar-refractivity contribution in [1.29, 1.82) is 0 Å². The van der Waals surface area contributed by atoms with Crippen molar-refractivity contribution in [1.82, 2.24) is 4.90 Å². The molecule has 0 aromatic heterocycles. The number of benzene rings is 1. The summed E-state index contributed by atoms with van der Waals surface area (Å²) in [4.78, 5) is 2.06. The molecule has 1 fully saturated rings. The fraction of sp³-hybridized carbons (Fsp3) is 0.579. The molecule has 3 nitrogen and oxygen atoms in total. The first-order valence-electron chi connectivity index (χ1n) is 8.07. The van der Waals surface area contributed by atoms with Crippen LogP contribution in [-0.4, -0.2) is 41.4 Å². The number of aliphatic hydroxyl groups is 2. The molecule has 0 spiro atoms. The summed E-state index contributed by atoms with van der Waals surface area (Å²) >= 11 is 0. The number of hydrogen-bond acceptors (Lipinski definition) is 3. The van der Waals surface area contributed by atoms with Gasteiger partial charge in [-0.1, -0.05) is 36.4 Å². The van der Waals surface area contributed by atoms with E-state index in [-0.39, 0.29) is 6.61 Å². The average molecular weight is 303 g/mol. The zero-order chi connectivity index (χ0) is 16.3. The first kappa shape index (κ1) is 17.2. The molecular formula is C19H29NO2. The zero-order valence-corrected chi connectivity index (χ0v) is 14.0. The van der Waals surface area contributed by atoms with E-state index in [2.05, 4.69) is 30.5 Å². The summed E-state index contributed by atoms with van der Waals surface area (Å²) in [7, 11) is 4.02. The van der Waals surface area contributed by atoms with Gasteiger partial charge < -0.3 is 15.1 Å². The molecule has 22 heavy (non-hydrogen) atoms. The van der Waals surface area contributed by atoms with Gasteiger partial charge in [0.2, 0.25) is 0 Å². The van der Waals surface area contributed by atoms with Crippen molar-refractivity contribution in [2.45, 2.75) is 44.3 Å². The third kappa shape index (κ3) is 3.97. The summed E-state index contributed by atoms with van der Waals surface area (Å²) in [6, 6.07) is 8.13. The van der Waals surface area contributed by atoms with Gasteiger partial charge in [-0.05, 0) is 63.2 Å². The van der Waals surface area contributed by atoms with Crippen LogP contribution in [0.1, 0.15) is 43.2 Å². The van der Waals surface area contributed by atoms with Gasteiger partial charge in [-0.2, -0.15) is 0 Å². The molecule has 3 heteroatoms. The van der Waals surface area contributed by atoms with Crippen LogP contribution in [0.25, 0.3) is 0 Å². The van der Waals surface area contributed by atoms with E-state index < -0.39 is 5.60 Å². The van der Waals surface area contributed by atoms with Crippen molar-refractivity contribution in [3.8, 4) is 0 Å². The van der Waals surface area contributed by atoms with Crippen LogP contribution in [0.5, 0.6) is 0 Å². The summed E-state index contributed by atoms with van der Waals surface area (Å²) < 4.78 is 0. The van der Waals surface area contributed by atoms with E-state index in [0.717, 1.165) is 24.8 Å². The lowest BCUT2D eigenvalue weighted by atomic mass is 9.67. The largest absolute Gasteiger partial charge is 0.392 e. The predicted octanol–water partition coefficient (Wildman–Crippen LogP) is 2.93. The molecule has 3 atom stereocenters. The summed E-state index contributed by atoms with van der Waals surface area (Å²) in [5.41, 5.74) is 2.73. The van der Waals surface area contributed by atoms with Gasteiger partial charge in [0.05, 0.1) is 12.2 Å². The number of allylic oxidation sites excluding steroid dienone is 1. The highest BCUT2D eigenvalue weighted by Gasteiger charge is 2.40. The van der Waals surface area contributed by atoms with Gasteiger partial charge in [-0.25, -0.2) is 0 Å². The topological polar surface area (TPSA) is 43.7 Å². The van der Waals surface area contributed by atoms with Crippen molar-refractivity contribution in [3.63, 3.8) is 0 Å². The molecule has 0 radical (unpaired) electrons. The third-order valence-corrected chi connectivity index (χ3v) is 4.84. The molecule has 1 aromatic carbocycles. The molecule has 1 aliphatic rings. The fourth-order valence-electron chi connectivity index (χ4n) is 3.82. The summed E-state index contributed by atoms with van der Waals surface area (Å²) in [5, 5.41) is 20.2. The monoisotopic (exact) mass is 303 g/mol. The minimum absolute atomic E-state index is 0.0689. The first-order valence-corrected chi connectivity index (χ1v) is 8.07. The number of rotatable bonds is 5. The van der Waals surface area contributed by atoms with Gasteiger partial charge in [0.25, 0.3) is 0 Å². The van der Waals surface area contributed by atoms with E-state index >= 15 is 0 Å². The first-order chi connectivity index (χ1) is 10.3. The molecule has 1 aromatic rings. The summed E-state index contributed by atoms with van der Waals surface area (Å²) in [6.45, 7) is 7.02. The van der Waals surface area contributed by atoms with Crippen LogP contribution in [0, 0.1) is 5.92 Å². The molecule has 0 amide bonds. The molecule has 1 aliphatic carbocycles. The van der Waals surface area contributed by atoms with Crippen LogP contribution in [0.3, 0.4) is 0 Å². The van der Waals surface area contributed by atoms with Crippen molar-refractivity contribution in [3.05, 3.63) is 47.5 Å². The third-order valence-electron chi connectivity index (χ3n) is 4.84. The Labute approximate surface area is 134 Å². The van der Waals surface area contributed by atoms with Crippen LogP contribution in [0.4, 0.5) is 0 Å².